The highest BCUT2D eigenvalue weighted by atomic mass is 32.1. The molecule has 2 heterocycles. The molecule has 8 heteroatoms. The van der Waals surface area contributed by atoms with Crippen molar-refractivity contribution >= 4 is 28.9 Å². The van der Waals surface area contributed by atoms with Gasteiger partial charge < -0.3 is 14.8 Å². The van der Waals surface area contributed by atoms with Crippen LogP contribution in [0.3, 0.4) is 0 Å². The van der Waals surface area contributed by atoms with E-state index in [0.29, 0.717) is 22.9 Å². The zero-order valence-electron chi connectivity index (χ0n) is 11.3. The molecule has 0 atom stereocenters. The summed E-state index contributed by atoms with van der Waals surface area (Å²) in [7, 11) is 0. The summed E-state index contributed by atoms with van der Waals surface area (Å²) in [4.78, 5) is 15.7. The van der Waals surface area contributed by atoms with Gasteiger partial charge in [0.05, 0.1) is 0 Å². The maximum atomic E-state index is 11.8. The molecule has 0 saturated carbocycles. The van der Waals surface area contributed by atoms with Crippen LogP contribution in [0.25, 0.3) is 0 Å². The van der Waals surface area contributed by atoms with Crippen LogP contribution in [0.5, 0.6) is 11.5 Å². The van der Waals surface area contributed by atoms with Gasteiger partial charge in [-0.25, -0.2) is 0 Å². The van der Waals surface area contributed by atoms with Gasteiger partial charge in [-0.2, -0.15) is 0 Å². The zero-order valence-corrected chi connectivity index (χ0v) is 12.1. The highest BCUT2D eigenvalue weighted by molar-refractivity contribution is 7.80. The minimum atomic E-state index is -0.379. The van der Waals surface area contributed by atoms with E-state index < -0.39 is 0 Å². The summed E-state index contributed by atoms with van der Waals surface area (Å²) in [6.45, 7) is 0.210. The van der Waals surface area contributed by atoms with E-state index in [4.69, 9.17) is 21.7 Å². The molecule has 0 unspecified atom stereocenters. The molecule has 22 heavy (non-hydrogen) atoms. The van der Waals surface area contributed by atoms with Crippen LogP contribution in [-0.4, -0.2) is 22.8 Å². The molecule has 3 N–H and O–H groups in total. The predicted octanol–water partition coefficient (Wildman–Crippen LogP) is 1.44. The van der Waals surface area contributed by atoms with Crippen LogP contribution in [-0.2, 0) is 0 Å². The molecule has 1 aliphatic heterocycles. The number of carbonyl (C=O) groups is 1. The SMILES string of the molecule is O=C(NNC(=S)Nc1ccc2c(c1)OCO2)c1ccccn1. The number of hydrazine groups is 1. The number of ether oxygens (including phenoxy) is 2. The maximum absolute atomic E-state index is 11.8. The fourth-order valence-electron chi connectivity index (χ4n) is 1.81. The van der Waals surface area contributed by atoms with Crippen molar-refractivity contribution in [2.75, 3.05) is 12.1 Å². The molecular weight excluding hydrogens is 304 g/mol. The van der Waals surface area contributed by atoms with E-state index in [0.717, 1.165) is 0 Å². The monoisotopic (exact) mass is 316 g/mol. The fourth-order valence-corrected chi connectivity index (χ4v) is 1.98. The third-order valence-corrected chi connectivity index (χ3v) is 3.02. The van der Waals surface area contributed by atoms with E-state index >= 15 is 0 Å². The second-order valence-electron chi connectivity index (χ2n) is 4.32. The molecule has 3 rings (SSSR count). The number of aromatic nitrogens is 1. The van der Waals surface area contributed by atoms with Gasteiger partial charge in [-0.15, -0.1) is 0 Å². The number of carbonyl (C=O) groups excluding carboxylic acids is 1. The van der Waals surface area contributed by atoms with E-state index in [-0.39, 0.29) is 17.8 Å². The molecule has 1 aliphatic rings. The lowest BCUT2D eigenvalue weighted by Gasteiger charge is -2.11. The molecule has 112 valence electrons. The number of fused-ring (bicyclic) bond motifs is 1. The van der Waals surface area contributed by atoms with Gasteiger partial charge in [-0.05, 0) is 36.5 Å². The molecule has 0 radical (unpaired) electrons. The Morgan fingerprint density at radius 3 is 2.82 bits per heavy atom. The van der Waals surface area contributed by atoms with Crippen molar-refractivity contribution in [1.29, 1.82) is 0 Å². The lowest BCUT2D eigenvalue weighted by Crippen LogP contribution is -2.44. The number of pyridine rings is 1. The Kier molecular flexibility index (Phi) is 4.01. The van der Waals surface area contributed by atoms with E-state index in [1.165, 1.54) is 6.20 Å². The first-order valence-corrected chi connectivity index (χ1v) is 6.81. The molecule has 0 spiro atoms. The number of hydrogen-bond acceptors (Lipinski definition) is 5. The third-order valence-electron chi connectivity index (χ3n) is 2.82. The van der Waals surface area contributed by atoms with Gasteiger partial charge in [0.2, 0.25) is 6.79 Å². The van der Waals surface area contributed by atoms with Crippen molar-refractivity contribution in [3.8, 4) is 11.5 Å². The minimum Gasteiger partial charge on any atom is -0.454 e. The number of nitrogens with zero attached hydrogens (tertiary/aromatic N) is 1. The van der Waals surface area contributed by atoms with Gasteiger partial charge >= 0.3 is 0 Å². The van der Waals surface area contributed by atoms with Crippen molar-refractivity contribution < 1.29 is 14.3 Å². The normalized spacial score (nSPS) is 11.6. The number of nitrogens with one attached hydrogen (secondary N) is 3. The number of thiocarbonyl (C=S) groups is 1. The van der Waals surface area contributed by atoms with Gasteiger partial charge in [0.15, 0.2) is 16.6 Å². The number of anilines is 1. The van der Waals surface area contributed by atoms with Gasteiger partial charge in [-0.3, -0.25) is 20.6 Å². The lowest BCUT2D eigenvalue weighted by atomic mass is 10.3. The van der Waals surface area contributed by atoms with Crippen molar-refractivity contribution in [2.45, 2.75) is 0 Å². The summed E-state index contributed by atoms with van der Waals surface area (Å²) in [5.74, 6) is 0.952. The van der Waals surface area contributed by atoms with Gasteiger partial charge in [-0.1, -0.05) is 6.07 Å². The average molecular weight is 316 g/mol. The maximum Gasteiger partial charge on any atom is 0.288 e. The standard InChI is InChI=1S/C14H12N4O3S/c19-13(10-3-1-2-6-15-10)17-18-14(22)16-9-4-5-11-12(7-9)21-8-20-11/h1-7H,8H2,(H,17,19)(H2,16,18,22). The van der Waals surface area contributed by atoms with Crippen molar-refractivity contribution in [3.63, 3.8) is 0 Å². The predicted molar refractivity (Wildman–Crippen MR) is 83.6 cm³/mol. The molecule has 0 aliphatic carbocycles. The molecule has 0 bridgehead atoms. The zero-order chi connectivity index (χ0) is 15.4. The Morgan fingerprint density at radius 2 is 2.00 bits per heavy atom. The van der Waals surface area contributed by atoms with Crippen LogP contribution in [0.1, 0.15) is 10.5 Å². The Balaban J connectivity index is 1.53. The summed E-state index contributed by atoms with van der Waals surface area (Å²) < 4.78 is 10.5. The van der Waals surface area contributed by atoms with E-state index in [1.54, 1.807) is 36.4 Å². The number of rotatable bonds is 2. The fraction of sp³-hybridized carbons (Fsp3) is 0.0714. The second kappa shape index (κ2) is 6.27. The largest absolute Gasteiger partial charge is 0.454 e. The molecule has 0 fully saturated rings. The molecule has 2 aromatic rings. The van der Waals surface area contributed by atoms with Crippen LogP contribution in [0.4, 0.5) is 5.69 Å². The quantitative estimate of drug-likeness (QED) is 0.571. The van der Waals surface area contributed by atoms with E-state index in [9.17, 15) is 4.79 Å². The Bertz CT molecular complexity index is 708. The van der Waals surface area contributed by atoms with E-state index in [1.807, 2.05) is 0 Å². The summed E-state index contributed by atoms with van der Waals surface area (Å²) in [5, 5.41) is 3.17. The van der Waals surface area contributed by atoms with Crippen LogP contribution >= 0.6 is 12.2 Å². The molecule has 1 aromatic carbocycles. The topological polar surface area (TPSA) is 84.5 Å². The average Bonchev–Trinajstić information content (AvgIpc) is 3.01. The second-order valence-corrected chi connectivity index (χ2v) is 4.72. The van der Waals surface area contributed by atoms with Gasteiger partial charge in [0.1, 0.15) is 5.69 Å². The molecule has 1 amide bonds. The van der Waals surface area contributed by atoms with Gasteiger partial charge in [0, 0.05) is 18.0 Å². The van der Waals surface area contributed by atoms with Crippen molar-refractivity contribution in [2.24, 2.45) is 0 Å². The Labute approximate surface area is 131 Å². The lowest BCUT2D eigenvalue weighted by molar-refractivity contribution is 0.0939. The Hall–Kier alpha value is -2.87. The Morgan fingerprint density at radius 1 is 1.14 bits per heavy atom. The van der Waals surface area contributed by atoms with Gasteiger partial charge in [0.25, 0.3) is 5.91 Å². The van der Waals surface area contributed by atoms with Crippen molar-refractivity contribution in [3.05, 3.63) is 48.3 Å². The van der Waals surface area contributed by atoms with Crippen molar-refractivity contribution in [1.82, 2.24) is 15.8 Å². The van der Waals surface area contributed by atoms with Crippen LogP contribution < -0.4 is 25.6 Å². The highest BCUT2D eigenvalue weighted by Gasteiger charge is 2.13. The number of hydrogen-bond donors (Lipinski definition) is 3. The van der Waals surface area contributed by atoms with Crippen LogP contribution in [0.15, 0.2) is 42.6 Å². The summed E-state index contributed by atoms with van der Waals surface area (Å²) >= 11 is 5.10. The summed E-state index contributed by atoms with van der Waals surface area (Å²) in [6, 6.07) is 10.4. The molecule has 7 nitrogen and oxygen atoms in total. The van der Waals surface area contributed by atoms with Crippen LogP contribution in [0, 0.1) is 0 Å². The first-order valence-electron chi connectivity index (χ1n) is 6.40. The number of amides is 1. The third kappa shape index (κ3) is 3.23. The summed E-state index contributed by atoms with van der Waals surface area (Å²) in [6.07, 6.45) is 1.54. The first-order chi connectivity index (χ1) is 10.7. The molecule has 0 saturated heterocycles. The summed E-state index contributed by atoms with van der Waals surface area (Å²) in [5.41, 5.74) is 6.08. The molecule has 1 aromatic heterocycles. The number of benzene rings is 1. The van der Waals surface area contributed by atoms with E-state index in [2.05, 4.69) is 21.2 Å². The highest BCUT2D eigenvalue weighted by Crippen LogP contribution is 2.34. The van der Waals surface area contributed by atoms with Crippen LogP contribution in [0.2, 0.25) is 0 Å². The smallest absolute Gasteiger partial charge is 0.288 e. The minimum absolute atomic E-state index is 0.210. The first kappa shape index (κ1) is 14.1. The molecular formula is C14H12N4O3S.